The Labute approximate surface area is 177 Å². The molecule has 154 valence electrons. The van der Waals surface area contributed by atoms with E-state index in [1.807, 2.05) is 24.3 Å². The molecule has 30 heavy (non-hydrogen) atoms. The number of ketones is 1. The predicted molar refractivity (Wildman–Crippen MR) is 116 cm³/mol. The number of anilines is 1. The van der Waals surface area contributed by atoms with Crippen molar-refractivity contribution in [1.29, 1.82) is 5.26 Å². The second-order valence-electron chi connectivity index (χ2n) is 8.89. The number of nitrogens with zero attached hydrogens (tertiary/aromatic N) is 2. The van der Waals surface area contributed by atoms with E-state index in [1.165, 1.54) is 4.90 Å². The molecule has 3 rings (SSSR count). The van der Waals surface area contributed by atoms with Crippen molar-refractivity contribution in [1.82, 2.24) is 0 Å². The van der Waals surface area contributed by atoms with Crippen LogP contribution in [0.5, 0.6) is 0 Å². The van der Waals surface area contributed by atoms with Gasteiger partial charge >= 0.3 is 0 Å². The van der Waals surface area contributed by atoms with Gasteiger partial charge < -0.3 is 5.11 Å². The number of aliphatic hydroxyl groups excluding tert-OH is 1. The molecule has 1 unspecified atom stereocenters. The molecule has 0 aliphatic carbocycles. The SMILES string of the molecule is CC(C)C(=O)C1=C(O)C(=O)N(c2ccc(C#N)cc2)C1c1ccc(C(C)(C)C)cc1. The van der Waals surface area contributed by atoms with E-state index in [0.717, 1.165) is 11.1 Å². The van der Waals surface area contributed by atoms with Crippen LogP contribution in [0, 0.1) is 17.2 Å². The minimum absolute atomic E-state index is 0.0363. The first-order chi connectivity index (χ1) is 14.1. The van der Waals surface area contributed by atoms with E-state index < -0.39 is 17.7 Å². The standard InChI is InChI=1S/C25H26N2O3/c1-15(2)22(28)20-21(17-8-10-18(11-9-17)25(3,4)5)27(24(30)23(20)29)19-12-6-16(14-26)7-13-19/h6-13,15,21,29H,1-5H3. The number of amides is 1. The minimum Gasteiger partial charge on any atom is -0.503 e. The molecule has 0 bridgehead atoms. The van der Waals surface area contributed by atoms with Crippen molar-refractivity contribution >= 4 is 17.4 Å². The second kappa shape index (κ2) is 7.79. The summed E-state index contributed by atoms with van der Waals surface area (Å²) >= 11 is 0. The molecule has 0 spiro atoms. The molecule has 0 aromatic heterocycles. The summed E-state index contributed by atoms with van der Waals surface area (Å²) in [6.07, 6.45) is 0. The van der Waals surface area contributed by atoms with E-state index in [4.69, 9.17) is 5.26 Å². The first-order valence-electron chi connectivity index (χ1n) is 9.97. The van der Waals surface area contributed by atoms with Crippen LogP contribution >= 0.6 is 0 Å². The lowest BCUT2D eigenvalue weighted by atomic mass is 9.85. The molecule has 2 aromatic rings. The van der Waals surface area contributed by atoms with Gasteiger partial charge in [0.15, 0.2) is 11.5 Å². The van der Waals surface area contributed by atoms with Gasteiger partial charge in [0.25, 0.3) is 5.91 Å². The van der Waals surface area contributed by atoms with Crippen LogP contribution in [-0.4, -0.2) is 16.8 Å². The smallest absolute Gasteiger partial charge is 0.294 e. The monoisotopic (exact) mass is 402 g/mol. The van der Waals surface area contributed by atoms with Crippen molar-refractivity contribution in [3.8, 4) is 6.07 Å². The van der Waals surface area contributed by atoms with Gasteiger partial charge in [-0.25, -0.2) is 0 Å². The fraction of sp³-hybridized carbons (Fsp3) is 0.320. The fourth-order valence-electron chi connectivity index (χ4n) is 3.61. The Hall–Kier alpha value is -3.39. The number of aliphatic hydroxyl groups is 1. The average molecular weight is 402 g/mol. The summed E-state index contributed by atoms with van der Waals surface area (Å²) in [5.41, 5.74) is 2.93. The van der Waals surface area contributed by atoms with E-state index in [2.05, 4.69) is 26.8 Å². The second-order valence-corrected chi connectivity index (χ2v) is 8.89. The Morgan fingerprint density at radius 2 is 1.63 bits per heavy atom. The summed E-state index contributed by atoms with van der Waals surface area (Å²) in [6, 6.07) is 15.6. The third kappa shape index (κ3) is 3.73. The van der Waals surface area contributed by atoms with Gasteiger partial charge in [-0.3, -0.25) is 14.5 Å². The number of benzene rings is 2. The van der Waals surface area contributed by atoms with Crippen molar-refractivity contribution in [3.05, 3.63) is 76.6 Å². The Kier molecular flexibility index (Phi) is 5.54. The maximum absolute atomic E-state index is 13.0. The Balaban J connectivity index is 2.15. The summed E-state index contributed by atoms with van der Waals surface area (Å²) in [7, 11) is 0. The third-order valence-corrected chi connectivity index (χ3v) is 5.36. The number of nitriles is 1. The van der Waals surface area contributed by atoms with Crippen LogP contribution in [0.15, 0.2) is 59.9 Å². The van der Waals surface area contributed by atoms with E-state index in [0.29, 0.717) is 11.3 Å². The lowest BCUT2D eigenvalue weighted by Gasteiger charge is -2.28. The van der Waals surface area contributed by atoms with Gasteiger partial charge in [-0.2, -0.15) is 5.26 Å². The molecule has 1 N–H and O–H groups in total. The van der Waals surface area contributed by atoms with Gasteiger partial charge in [-0.1, -0.05) is 58.9 Å². The number of carbonyl (C=O) groups excluding carboxylic acids is 2. The zero-order valence-electron chi connectivity index (χ0n) is 17.9. The summed E-state index contributed by atoms with van der Waals surface area (Å²) in [5, 5.41) is 19.7. The first kappa shape index (κ1) is 21.3. The topological polar surface area (TPSA) is 81.4 Å². The highest BCUT2D eigenvalue weighted by Gasteiger charge is 2.44. The summed E-state index contributed by atoms with van der Waals surface area (Å²) in [5.74, 6) is -1.76. The molecular weight excluding hydrogens is 376 g/mol. The molecule has 1 aliphatic rings. The number of carbonyl (C=O) groups is 2. The van der Waals surface area contributed by atoms with Crippen LogP contribution in [-0.2, 0) is 15.0 Å². The van der Waals surface area contributed by atoms with Crippen molar-refractivity contribution in [2.24, 2.45) is 5.92 Å². The zero-order valence-corrected chi connectivity index (χ0v) is 17.9. The number of hydrogen-bond acceptors (Lipinski definition) is 4. The molecule has 5 nitrogen and oxygen atoms in total. The Morgan fingerprint density at radius 3 is 2.10 bits per heavy atom. The van der Waals surface area contributed by atoms with Gasteiger partial charge in [0.05, 0.1) is 23.2 Å². The largest absolute Gasteiger partial charge is 0.503 e. The van der Waals surface area contributed by atoms with Gasteiger partial charge in [-0.15, -0.1) is 0 Å². The summed E-state index contributed by atoms with van der Waals surface area (Å²) in [6.45, 7) is 9.84. The molecule has 5 heteroatoms. The van der Waals surface area contributed by atoms with Crippen LogP contribution in [0.25, 0.3) is 0 Å². The number of rotatable bonds is 4. The van der Waals surface area contributed by atoms with Gasteiger partial charge in [-0.05, 0) is 40.8 Å². The van der Waals surface area contributed by atoms with Crippen LogP contribution in [0.4, 0.5) is 5.69 Å². The van der Waals surface area contributed by atoms with Crippen LogP contribution in [0.2, 0.25) is 0 Å². The highest BCUT2D eigenvalue weighted by atomic mass is 16.3. The molecule has 0 saturated heterocycles. The average Bonchev–Trinajstić information content (AvgIpc) is 2.97. The van der Waals surface area contributed by atoms with E-state index in [9.17, 15) is 14.7 Å². The molecular formula is C25H26N2O3. The van der Waals surface area contributed by atoms with E-state index >= 15 is 0 Å². The van der Waals surface area contributed by atoms with Crippen molar-refractivity contribution in [2.75, 3.05) is 4.90 Å². The molecule has 2 aromatic carbocycles. The summed E-state index contributed by atoms with van der Waals surface area (Å²) in [4.78, 5) is 27.4. The lowest BCUT2D eigenvalue weighted by molar-refractivity contribution is -0.119. The van der Waals surface area contributed by atoms with Gasteiger partial charge in [0.1, 0.15) is 0 Å². The normalized spacial score (nSPS) is 16.9. The molecule has 0 radical (unpaired) electrons. The van der Waals surface area contributed by atoms with E-state index in [-0.39, 0.29) is 22.7 Å². The van der Waals surface area contributed by atoms with Gasteiger partial charge in [0.2, 0.25) is 0 Å². The summed E-state index contributed by atoms with van der Waals surface area (Å²) < 4.78 is 0. The fourth-order valence-corrected chi connectivity index (χ4v) is 3.61. The highest BCUT2D eigenvalue weighted by Crippen LogP contribution is 2.42. The lowest BCUT2D eigenvalue weighted by Crippen LogP contribution is -2.31. The maximum Gasteiger partial charge on any atom is 0.294 e. The quantitative estimate of drug-likeness (QED) is 0.782. The molecule has 1 amide bonds. The number of Topliss-reactive ketones (excluding diaryl/α,β-unsaturated/α-hetero) is 1. The van der Waals surface area contributed by atoms with Gasteiger partial charge in [0, 0.05) is 11.6 Å². The molecule has 1 aliphatic heterocycles. The Bertz CT molecular complexity index is 1050. The van der Waals surface area contributed by atoms with Crippen molar-refractivity contribution < 1.29 is 14.7 Å². The van der Waals surface area contributed by atoms with Crippen molar-refractivity contribution in [2.45, 2.75) is 46.1 Å². The minimum atomic E-state index is -0.727. The molecule has 1 heterocycles. The molecule has 1 atom stereocenters. The zero-order chi connectivity index (χ0) is 22.2. The van der Waals surface area contributed by atoms with E-state index in [1.54, 1.807) is 38.1 Å². The highest BCUT2D eigenvalue weighted by molar-refractivity contribution is 6.16. The molecule has 0 saturated carbocycles. The number of hydrogen-bond donors (Lipinski definition) is 1. The predicted octanol–water partition coefficient (Wildman–Crippen LogP) is 4.98. The van der Waals surface area contributed by atoms with Crippen LogP contribution in [0.1, 0.15) is 57.4 Å². The third-order valence-electron chi connectivity index (χ3n) is 5.36. The first-order valence-corrected chi connectivity index (χ1v) is 9.97. The van der Waals surface area contributed by atoms with Crippen LogP contribution in [0.3, 0.4) is 0 Å². The van der Waals surface area contributed by atoms with Crippen molar-refractivity contribution in [3.63, 3.8) is 0 Å². The van der Waals surface area contributed by atoms with Crippen LogP contribution < -0.4 is 4.90 Å². The Morgan fingerprint density at radius 1 is 1.07 bits per heavy atom. The maximum atomic E-state index is 13.0. The molecule has 0 fully saturated rings.